The van der Waals surface area contributed by atoms with Crippen LogP contribution in [-0.2, 0) is 4.74 Å². The quantitative estimate of drug-likeness (QED) is 0.503. The molecule has 0 unspecified atom stereocenters. The maximum absolute atomic E-state index is 4.77. The fourth-order valence-electron chi connectivity index (χ4n) is 0.626. The molecule has 0 saturated heterocycles. The molecule has 1 rings (SSSR count). The van der Waals surface area contributed by atoms with Crippen LogP contribution in [0.5, 0.6) is 0 Å². The van der Waals surface area contributed by atoms with E-state index in [9.17, 15) is 0 Å². The number of ether oxygens (including phenoxy) is 1. The minimum absolute atomic E-state index is 0.621. The molecule has 0 fully saturated rings. The molecule has 0 bridgehead atoms. The standard InChI is InChI=1S/C8H8O/c1-2-3-8-4-6-9-7-5-8/h2,4H,1,3,6H2. The van der Waals surface area contributed by atoms with E-state index in [4.69, 9.17) is 4.74 Å². The monoisotopic (exact) mass is 120 g/mol. The van der Waals surface area contributed by atoms with E-state index in [1.165, 1.54) is 0 Å². The second-order valence-electron chi connectivity index (χ2n) is 1.76. The lowest BCUT2D eigenvalue weighted by molar-refractivity contribution is 0.237. The Balaban J connectivity index is 2.36. The van der Waals surface area contributed by atoms with Gasteiger partial charge in [0.15, 0.2) is 0 Å². The molecule has 1 aliphatic heterocycles. The molecular formula is C8H8O. The second-order valence-corrected chi connectivity index (χ2v) is 1.76. The van der Waals surface area contributed by atoms with E-state index in [1.54, 1.807) is 0 Å². The summed E-state index contributed by atoms with van der Waals surface area (Å²) >= 11 is 0. The number of rotatable bonds is 2. The van der Waals surface area contributed by atoms with E-state index >= 15 is 0 Å². The van der Waals surface area contributed by atoms with Gasteiger partial charge in [-0.15, -0.1) is 6.58 Å². The van der Waals surface area contributed by atoms with Crippen molar-refractivity contribution in [1.82, 2.24) is 0 Å². The summed E-state index contributed by atoms with van der Waals surface area (Å²) in [5, 5.41) is 0. The second kappa shape index (κ2) is 3.46. The van der Waals surface area contributed by atoms with E-state index < -0.39 is 0 Å². The van der Waals surface area contributed by atoms with Crippen molar-refractivity contribution >= 4 is 0 Å². The predicted octanol–water partition coefficient (Wildman–Crippen LogP) is 1.64. The van der Waals surface area contributed by atoms with Gasteiger partial charge in [0.1, 0.15) is 6.61 Å². The summed E-state index contributed by atoms with van der Waals surface area (Å²) in [6, 6.07) is 0. The van der Waals surface area contributed by atoms with Crippen LogP contribution >= 0.6 is 0 Å². The Hall–Kier alpha value is -0.560. The Morgan fingerprint density at radius 3 is 3.33 bits per heavy atom. The van der Waals surface area contributed by atoms with Crippen LogP contribution in [0.15, 0.2) is 24.3 Å². The first-order valence-electron chi connectivity index (χ1n) is 2.86. The summed E-state index contributed by atoms with van der Waals surface area (Å²) in [7, 11) is 0. The van der Waals surface area contributed by atoms with E-state index in [-0.39, 0.29) is 0 Å². The predicted molar refractivity (Wildman–Crippen MR) is 35.3 cm³/mol. The maximum atomic E-state index is 4.77. The lowest BCUT2D eigenvalue weighted by Crippen LogP contribution is -1.99. The van der Waals surface area contributed by atoms with Gasteiger partial charge in [-0.3, -0.25) is 0 Å². The third kappa shape index (κ3) is 2.02. The van der Waals surface area contributed by atoms with Gasteiger partial charge in [-0.2, -0.15) is 0 Å². The highest BCUT2D eigenvalue weighted by Crippen LogP contribution is 2.12. The number of hydrogen-bond acceptors (Lipinski definition) is 1. The van der Waals surface area contributed by atoms with Crippen molar-refractivity contribution in [3.05, 3.63) is 37.3 Å². The molecule has 1 aliphatic rings. The van der Waals surface area contributed by atoms with E-state index in [1.807, 2.05) is 12.2 Å². The summed E-state index contributed by atoms with van der Waals surface area (Å²) in [5.41, 5.74) is 1.11. The molecule has 0 spiro atoms. The van der Waals surface area contributed by atoms with Crippen molar-refractivity contribution in [2.75, 3.05) is 6.61 Å². The molecule has 4 radical (unpaired) electrons. The molecule has 46 valence electrons. The van der Waals surface area contributed by atoms with Crippen LogP contribution in [0.4, 0.5) is 0 Å². The molecule has 9 heavy (non-hydrogen) atoms. The summed E-state index contributed by atoms with van der Waals surface area (Å²) in [6.45, 7) is 6.78. The van der Waals surface area contributed by atoms with Gasteiger partial charge in [0.25, 0.3) is 0 Å². The third-order valence-corrected chi connectivity index (χ3v) is 1.06. The van der Waals surface area contributed by atoms with E-state index in [2.05, 4.69) is 19.6 Å². The van der Waals surface area contributed by atoms with Gasteiger partial charge in [-0.25, -0.2) is 0 Å². The molecule has 0 amide bonds. The molecule has 0 aliphatic carbocycles. The molecule has 0 N–H and O–H groups in total. The molecule has 0 saturated carbocycles. The Morgan fingerprint density at radius 2 is 2.78 bits per heavy atom. The highest BCUT2D eigenvalue weighted by molar-refractivity contribution is 5.21. The molecule has 0 aromatic rings. The average Bonchev–Trinajstić information content (AvgIpc) is 1.91. The Labute approximate surface area is 56.0 Å². The zero-order valence-corrected chi connectivity index (χ0v) is 5.18. The number of hydrogen-bond donors (Lipinski definition) is 0. The SMILES string of the molecule is C=CCC1=CCO[C][C]1. The van der Waals surface area contributed by atoms with Gasteiger partial charge in [0, 0.05) is 0 Å². The van der Waals surface area contributed by atoms with E-state index in [0.717, 1.165) is 12.0 Å². The molecule has 0 aromatic heterocycles. The first-order chi connectivity index (χ1) is 4.43. The van der Waals surface area contributed by atoms with Gasteiger partial charge >= 0.3 is 0 Å². The lowest BCUT2D eigenvalue weighted by Gasteiger charge is -2.08. The minimum atomic E-state index is 0.621. The fraction of sp³-hybridized carbons (Fsp3) is 0.250. The van der Waals surface area contributed by atoms with Gasteiger partial charge in [0.2, 0.25) is 0 Å². The van der Waals surface area contributed by atoms with Crippen LogP contribution < -0.4 is 0 Å². The maximum Gasteiger partial charge on any atom is 0.145 e. The molecular weight excluding hydrogens is 112 g/mol. The van der Waals surface area contributed by atoms with Crippen molar-refractivity contribution in [3.8, 4) is 0 Å². The lowest BCUT2D eigenvalue weighted by atomic mass is 10.1. The third-order valence-electron chi connectivity index (χ3n) is 1.06. The van der Waals surface area contributed by atoms with Gasteiger partial charge in [-0.05, 0) is 6.42 Å². The smallest absolute Gasteiger partial charge is 0.145 e. The van der Waals surface area contributed by atoms with Crippen molar-refractivity contribution in [2.24, 2.45) is 0 Å². The van der Waals surface area contributed by atoms with Gasteiger partial charge < -0.3 is 4.74 Å². The highest BCUT2D eigenvalue weighted by atomic mass is 16.5. The molecule has 1 nitrogen and oxygen atoms in total. The zero-order chi connectivity index (χ0) is 6.53. The topological polar surface area (TPSA) is 9.23 Å². The van der Waals surface area contributed by atoms with Gasteiger partial charge in [-0.1, -0.05) is 17.7 Å². The summed E-state index contributed by atoms with van der Waals surface area (Å²) in [5.74, 6) is 0. The Bertz CT molecular complexity index is 125. The van der Waals surface area contributed by atoms with Crippen molar-refractivity contribution in [2.45, 2.75) is 6.42 Å². The summed E-state index contributed by atoms with van der Waals surface area (Å²) in [4.78, 5) is 0. The zero-order valence-electron chi connectivity index (χ0n) is 5.18. The number of allylic oxidation sites excluding steroid dienone is 1. The molecule has 1 heterocycles. The first kappa shape index (κ1) is 6.56. The minimum Gasteiger partial charge on any atom is -0.364 e. The van der Waals surface area contributed by atoms with Crippen LogP contribution in [0.25, 0.3) is 0 Å². The summed E-state index contributed by atoms with van der Waals surface area (Å²) < 4.78 is 4.77. The summed E-state index contributed by atoms with van der Waals surface area (Å²) in [6.07, 6.45) is 7.50. The van der Waals surface area contributed by atoms with Crippen molar-refractivity contribution < 1.29 is 4.74 Å². The molecule has 0 aromatic carbocycles. The first-order valence-corrected chi connectivity index (χ1v) is 2.86. The largest absolute Gasteiger partial charge is 0.364 e. The van der Waals surface area contributed by atoms with Crippen LogP contribution in [0.3, 0.4) is 0 Å². The normalized spacial score (nSPS) is 18.9. The fourth-order valence-corrected chi connectivity index (χ4v) is 0.626. The highest BCUT2D eigenvalue weighted by Gasteiger charge is 2.02. The Morgan fingerprint density at radius 1 is 1.89 bits per heavy atom. The van der Waals surface area contributed by atoms with E-state index in [0.29, 0.717) is 6.61 Å². The van der Waals surface area contributed by atoms with Crippen LogP contribution in [-0.4, -0.2) is 6.61 Å². The van der Waals surface area contributed by atoms with Crippen LogP contribution in [0, 0.1) is 13.0 Å². The van der Waals surface area contributed by atoms with Gasteiger partial charge in [0.05, 0.1) is 13.0 Å². The average molecular weight is 120 g/mol. The molecule has 1 heteroatoms. The van der Waals surface area contributed by atoms with Crippen LogP contribution in [0.1, 0.15) is 6.42 Å². The molecule has 0 atom stereocenters. The van der Waals surface area contributed by atoms with Crippen molar-refractivity contribution in [1.29, 1.82) is 0 Å². The van der Waals surface area contributed by atoms with Crippen molar-refractivity contribution in [3.63, 3.8) is 0 Å². The Kier molecular flexibility index (Phi) is 2.52. The van der Waals surface area contributed by atoms with Crippen LogP contribution in [0.2, 0.25) is 0 Å².